The first-order valence-corrected chi connectivity index (χ1v) is 10.9. The third-order valence-electron chi connectivity index (χ3n) is 4.66. The van der Waals surface area contributed by atoms with Gasteiger partial charge in [-0.3, -0.25) is 9.59 Å². The van der Waals surface area contributed by atoms with Crippen molar-refractivity contribution in [3.05, 3.63) is 89.1 Å². The average molecular weight is 431 g/mol. The molecule has 2 N–H and O–H groups in total. The van der Waals surface area contributed by atoms with Crippen LogP contribution in [0.5, 0.6) is 0 Å². The Morgan fingerprint density at radius 3 is 2.39 bits per heavy atom. The highest BCUT2D eigenvalue weighted by Gasteiger charge is 2.14. The number of nitrogens with zero attached hydrogens (tertiary/aromatic N) is 2. The molecule has 0 aliphatic heterocycles. The van der Waals surface area contributed by atoms with Crippen molar-refractivity contribution in [2.75, 3.05) is 11.9 Å². The number of carbonyl (C=O) groups excluding carboxylic acids is 2. The van der Waals surface area contributed by atoms with Gasteiger partial charge in [0, 0.05) is 24.6 Å². The Balaban J connectivity index is 1.41. The summed E-state index contributed by atoms with van der Waals surface area (Å²) >= 11 is 1.40. The molecular formula is C24H22N4O2S. The van der Waals surface area contributed by atoms with Gasteiger partial charge in [0.05, 0.1) is 16.3 Å². The molecule has 4 aromatic rings. The summed E-state index contributed by atoms with van der Waals surface area (Å²) in [6.45, 7) is 0.442. The number of para-hydroxylation sites is 1. The number of hydrogen-bond acceptors (Lipinski definition) is 4. The molecule has 4 rings (SSSR count). The van der Waals surface area contributed by atoms with Gasteiger partial charge in [-0.25, -0.2) is 4.68 Å². The molecule has 0 aliphatic rings. The molecule has 0 aliphatic carbocycles. The maximum Gasteiger partial charge on any atom is 0.261 e. The normalized spacial score (nSPS) is 10.6. The minimum atomic E-state index is -0.123. The van der Waals surface area contributed by atoms with E-state index in [1.165, 1.54) is 11.3 Å². The molecule has 7 heteroatoms. The second-order valence-corrected chi connectivity index (χ2v) is 7.86. The highest BCUT2D eigenvalue weighted by Crippen LogP contribution is 2.24. The van der Waals surface area contributed by atoms with Crippen LogP contribution in [0.4, 0.5) is 5.82 Å². The molecule has 0 saturated heterocycles. The number of aromatic nitrogens is 2. The molecule has 2 aromatic heterocycles. The summed E-state index contributed by atoms with van der Waals surface area (Å²) in [6, 6.07) is 25.0. The topological polar surface area (TPSA) is 76.0 Å². The number of benzene rings is 2. The van der Waals surface area contributed by atoms with Crippen LogP contribution in [0.2, 0.25) is 0 Å². The van der Waals surface area contributed by atoms with Crippen molar-refractivity contribution in [3.63, 3.8) is 0 Å². The SMILES string of the molecule is O=C(CCCNC(=O)c1cccs1)Nc1cc(-c2ccccc2)nn1-c1ccccc1. The molecule has 156 valence electrons. The molecule has 0 fully saturated rings. The van der Waals surface area contributed by atoms with Gasteiger partial charge in [0.1, 0.15) is 5.82 Å². The molecule has 0 radical (unpaired) electrons. The first-order valence-electron chi connectivity index (χ1n) is 10.0. The van der Waals surface area contributed by atoms with E-state index < -0.39 is 0 Å². The summed E-state index contributed by atoms with van der Waals surface area (Å²) in [5.74, 6) is 0.379. The molecule has 0 atom stereocenters. The first kappa shape index (κ1) is 20.6. The maximum absolute atomic E-state index is 12.6. The summed E-state index contributed by atoms with van der Waals surface area (Å²) in [4.78, 5) is 25.2. The molecule has 2 amide bonds. The van der Waals surface area contributed by atoms with E-state index in [0.29, 0.717) is 30.1 Å². The second-order valence-electron chi connectivity index (χ2n) is 6.91. The van der Waals surface area contributed by atoms with Gasteiger partial charge in [0.15, 0.2) is 0 Å². The van der Waals surface area contributed by atoms with Crippen molar-refractivity contribution in [1.82, 2.24) is 15.1 Å². The summed E-state index contributed by atoms with van der Waals surface area (Å²) < 4.78 is 1.73. The van der Waals surface area contributed by atoms with E-state index in [1.54, 1.807) is 10.7 Å². The third-order valence-corrected chi connectivity index (χ3v) is 5.53. The molecule has 0 unspecified atom stereocenters. The number of anilines is 1. The fourth-order valence-electron chi connectivity index (χ4n) is 3.14. The van der Waals surface area contributed by atoms with Crippen LogP contribution >= 0.6 is 11.3 Å². The van der Waals surface area contributed by atoms with Gasteiger partial charge < -0.3 is 10.6 Å². The molecule has 2 aromatic carbocycles. The van der Waals surface area contributed by atoms with Gasteiger partial charge in [0.2, 0.25) is 5.91 Å². The largest absolute Gasteiger partial charge is 0.351 e. The molecule has 0 spiro atoms. The molecule has 6 nitrogen and oxygen atoms in total. The van der Waals surface area contributed by atoms with E-state index in [0.717, 1.165) is 16.9 Å². The van der Waals surface area contributed by atoms with E-state index in [-0.39, 0.29) is 11.8 Å². The summed E-state index contributed by atoms with van der Waals surface area (Å²) in [6.07, 6.45) is 0.847. The monoisotopic (exact) mass is 430 g/mol. The Morgan fingerprint density at radius 2 is 1.68 bits per heavy atom. The van der Waals surface area contributed by atoms with Crippen molar-refractivity contribution in [2.24, 2.45) is 0 Å². The minimum absolute atomic E-state index is 0.106. The maximum atomic E-state index is 12.6. The summed E-state index contributed by atoms with van der Waals surface area (Å²) in [7, 11) is 0. The lowest BCUT2D eigenvalue weighted by atomic mass is 10.1. The van der Waals surface area contributed by atoms with E-state index in [1.807, 2.05) is 78.2 Å². The van der Waals surface area contributed by atoms with Gasteiger partial charge in [-0.1, -0.05) is 54.6 Å². The van der Waals surface area contributed by atoms with Gasteiger partial charge in [-0.2, -0.15) is 5.10 Å². The van der Waals surface area contributed by atoms with E-state index in [2.05, 4.69) is 10.6 Å². The second kappa shape index (κ2) is 9.86. The Bertz CT molecular complexity index is 1140. The zero-order chi connectivity index (χ0) is 21.5. The van der Waals surface area contributed by atoms with E-state index >= 15 is 0 Å². The van der Waals surface area contributed by atoms with Crippen molar-refractivity contribution >= 4 is 29.0 Å². The van der Waals surface area contributed by atoms with Crippen molar-refractivity contribution < 1.29 is 9.59 Å². The van der Waals surface area contributed by atoms with Crippen LogP contribution in [0.3, 0.4) is 0 Å². The number of nitrogens with one attached hydrogen (secondary N) is 2. The number of amides is 2. The van der Waals surface area contributed by atoms with Gasteiger partial charge in [0.25, 0.3) is 5.91 Å². The summed E-state index contributed by atoms with van der Waals surface area (Å²) in [5, 5.41) is 12.4. The van der Waals surface area contributed by atoms with Gasteiger partial charge >= 0.3 is 0 Å². The Labute approximate surface area is 184 Å². The standard InChI is InChI=1S/C24H22N4O2S/c29-23(14-7-15-25-24(30)21-13-8-16-31-21)26-22-17-20(18-9-3-1-4-10-18)27-28(22)19-11-5-2-6-12-19/h1-6,8-13,16-17H,7,14-15H2,(H,25,30)(H,26,29). The Kier molecular flexibility index (Phi) is 6.54. The lowest BCUT2D eigenvalue weighted by Crippen LogP contribution is -2.24. The molecule has 0 bridgehead atoms. The van der Waals surface area contributed by atoms with Crippen LogP contribution in [0, 0.1) is 0 Å². The number of hydrogen-bond donors (Lipinski definition) is 2. The Morgan fingerprint density at radius 1 is 0.935 bits per heavy atom. The zero-order valence-electron chi connectivity index (χ0n) is 16.8. The van der Waals surface area contributed by atoms with E-state index in [9.17, 15) is 9.59 Å². The first-order chi connectivity index (χ1) is 15.2. The van der Waals surface area contributed by atoms with Crippen LogP contribution in [-0.4, -0.2) is 28.1 Å². The lowest BCUT2D eigenvalue weighted by molar-refractivity contribution is -0.116. The summed E-state index contributed by atoms with van der Waals surface area (Å²) in [5.41, 5.74) is 2.62. The molecule has 31 heavy (non-hydrogen) atoms. The molecule has 0 saturated carbocycles. The Hall–Kier alpha value is -3.71. The van der Waals surface area contributed by atoms with Crippen molar-refractivity contribution in [3.8, 4) is 16.9 Å². The van der Waals surface area contributed by atoms with E-state index in [4.69, 9.17) is 5.10 Å². The number of carbonyl (C=O) groups is 2. The smallest absolute Gasteiger partial charge is 0.261 e. The fraction of sp³-hybridized carbons (Fsp3) is 0.125. The number of thiophene rings is 1. The highest BCUT2D eigenvalue weighted by molar-refractivity contribution is 7.12. The van der Waals surface area contributed by atoms with Crippen LogP contribution in [0.25, 0.3) is 16.9 Å². The van der Waals surface area contributed by atoms with Crippen LogP contribution in [0.1, 0.15) is 22.5 Å². The van der Waals surface area contributed by atoms with Crippen molar-refractivity contribution in [2.45, 2.75) is 12.8 Å². The van der Waals surface area contributed by atoms with Crippen molar-refractivity contribution in [1.29, 1.82) is 0 Å². The lowest BCUT2D eigenvalue weighted by Gasteiger charge is -2.09. The number of rotatable bonds is 8. The zero-order valence-corrected chi connectivity index (χ0v) is 17.6. The van der Waals surface area contributed by atoms with Crippen LogP contribution in [0.15, 0.2) is 84.2 Å². The van der Waals surface area contributed by atoms with Gasteiger partial charge in [-0.05, 0) is 30.0 Å². The third kappa shape index (κ3) is 5.26. The molecule has 2 heterocycles. The van der Waals surface area contributed by atoms with Gasteiger partial charge in [-0.15, -0.1) is 11.3 Å². The van der Waals surface area contributed by atoms with Crippen LogP contribution in [-0.2, 0) is 4.79 Å². The predicted octanol–water partition coefficient (Wildman–Crippen LogP) is 4.75. The molecular weight excluding hydrogens is 408 g/mol. The minimum Gasteiger partial charge on any atom is -0.351 e. The fourth-order valence-corrected chi connectivity index (χ4v) is 3.78. The average Bonchev–Trinajstić information content (AvgIpc) is 3.48. The van der Waals surface area contributed by atoms with Crippen LogP contribution < -0.4 is 10.6 Å². The quantitative estimate of drug-likeness (QED) is 0.396. The highest BCUT2D eigenvalue weighted by atomic mass is 32.1. The predicted molar refractivity (Wildman–Crippen MR) is 124 cm³/mol.